The summed E-state index contributed by atoms with van der Waals surface area (Å²) in [4.78, 5) is 14.2. The summed E-state index contributed by atoms with van der Waals surface area (Å²) >= 11 is 0. The molecule has 0 aliphatic heterocycles. The first-order valence-electron chi connectivity index (χ1n) is 7.94. The van der Waals surface area contributed by atoms with Crippen molar-refractivity contribution in [2.24, 2.45) is 0 Å². The molecule has 0 saturated carbocycles. The zero-order valence-corrected chi connectivity index (χ0v) is 13.5. The number of carboxylic acids is 1. The third kappa shape index (κ3) is 2.73. The van der Waals surface area contributed by atoms with E-state index in [-0.39, 0.29) is 11.1 Å². The van der Waals surface area contributed by atoms with Gasteiger partial charge >= 0.3 is 5.97 Å². The molecule has 0 radical (unpaired) electrons. The smallest absolute Gasteiger partial charge is 0.336 e. The molecule has 26 heavy (non-hydrogen) atoms. The lowest BCUT2D eigenvalue weighted by Crippen LogP contribution is -1.97. The Morgan fingerprint density at radius 3 is 2.35 bits per heavy atom. The molecule has 0 atom stereocenters. The summed E-state index contributed by atoms with van der Waals surface area (Å²) in [5, 5.41) is 9.58. The molecule has 4 aromatic rings. The second-order valence-corrected chi connectivity index (χ2v) is 5.96. The van der Waals surface area contributed by atoms with Crippen LogP contribution in [-0.4, -0.2) is 16.1 Å². The fourth-order valence-corrected chi connectivity index (χ4v) is 3.07. The number of hydrogen-bond acceptors (Lipinski definition) is 1. The predicted octanol–water partition coefficient (Wildman–Crippen LogP) is 5.48. The highest BCUT2D eigenvalue weighted by Crippen LogP contribution is 2.31. The highest BCUT2D eigenvalue weighted by molar-refractivity contribution is 6.04. The van der Waals surface area contributed by atoms with Gasteiger partial charge in [-0.05, 0) is 41.5 Å². The number of halogens is 2. The van der Waals surface area contributed by atoms with Gasteiger partial charge in [0, 0.05) is 22.2 Å². The first-order valence-corrected chi connectivity index (χ1v) is 7.94. The Hall–Kier alpha value is -3.47. The largest absolute Gasteiger partial charge is 0.478 e. The van der Waals surface area contributed by atoms with Crippen molar-refractivity contribution in [1.82, 2.24) is 4.98 Å². The zero-order valence-electron chi connectivity index (χ0n) is 13.5. The Morgan fingerprint density at radius 2 is 1.65 bits per heavy atom. The highest BCUT2D eigenvalue weighted by Gasteiger charge is 2.16. The summed E-state index contributed by atoms with van der Waals surface area (Å²) in [6.45, 7) is 0. The van der Waals surface area contributed by atoms with Crippen LogP contribution in [-0.2, 0) is 0 Å². The Kier molecular flexibility index (Phi) is 3.77. The van der Waals surface area contributed by atoms with Gasteiger partial charge in [0.2, 0.25) is 0 Å². The van der Waals surface area contributed by atoms with Crippen LogP contribution in [0, 0.1) is 11.6 Å². The van der Waals surface area contributed by atoms with Crippen LogP contribution in [0.25, 0.3) is 33.3 Å². The predicted molar refractivity (Wildman–Crippen MR) is 96.0 cm³/mol. The van der Waals surface area contributed by atoms with E-state index in [0.717, 1.165) is 17.2 Å². The molecule has 0 bridgehead atoms. The van der Waals surface area contributed by atoms with Crippen molar-refractivity contribution in [3.8, 4) is 22.4 Å². The van der Waals surface area contributed by atoms with E-state index >= 15 is 0 Å². The molecule has 4 rings (SSSR count). The SMILES string of the molecule is O=C(O)c1cc(F)cc2[nH]c(-c3ccc(-c4ccccc4)cc3F)cc12. The minimum atomic E-state index is -1.24. The van der Waals surface area contributed by atoms with Gasteiger partial charge in [-0.3, -0.25) is 0 Å². The second kappa shape index (κ2) is 6.11. The maximum Gasteiger partial charge on any atom is 0.336 e. The van der Waals surface area contributed by atoms with Crippen molar-refractivity contribution in [2.45, 2.75) is 0 Å². The fourth-order valence-electron chi connectivity index (χ4n) is 3.07. The maximum absolute atomic E-state index is 14.7. The molecular weight excluding hydrogens is 336 g/mol. The van der Waals surface area contributed by atoms with Crippen molar-refractivity contribution in [3.05, 3.63) is 83.9 Å². The van der Waals surface area contributed by atoms with Gasteiger partial charge in [-0.15, -0.1) is 0 Å². The average Bonchev–Trinajstić information content (AvgIpc) is 3.04. The zero-order chi connectivity index (χ0) is 18.3. The molecule has 1 aromatic heterocycles. The van der Waals surface area contributed by atoms with Gasteiger partial charge < -0.3 is 10.1 Å². The summed E-state index contributed by atoms with van der Waals surface area (Å²) in [5.74, 6) is -2.35. The molecule has 3 nitrogen and oxygen atoms in total. The van der Waals surface area contributed by atoms with Gasteiger partial charge in [0.25, 0.3) is 0 Å². The van der Waals surface area contributed by atoms with Crippen molar-refractivity contribution < 1.29 is 18.7 Å². The van der Waals surface area contributed by atoms with Crippen molar-refractivity contribution >= 4 is 16.9 Å². The van der Waals surface area contributed by atoms with Crippen LogP contribution in [0.4, 0.5) is 8.78 Å². The van der Waals surface area contributed by atoms with E-state index in [2.05, 4.69) is 4.98 Å². The molecule has 0 spiro atoms. The van der Waals surface area contributed by atoms with Crippen molar-refractivity contribution in [1.29, 1.82) is 0 Å². The summed E-state index contributed by atoms with van der Waals surface area (Å²) < 4.78 is 28.3. The topological polar surface area (TPSA) is 53.1 Å². The van der Waals surface area contributed by atoms with Gasteiger partial charge in [-0.1, -0.05) is 36.4 Å². The van der Waals surface area contributed by atoms with Crippen LogP contribution in [0.15, 0.2) is 66.7 Å². The molecule has 0 fully saturated rings. The number of carbonyl (C=O) groups is 1. The van der Waals surface area contributed by atoms with E-state index in [1.54, 1.807) is 12.1 Å². The summed E-state index contributed by atoms with van der Waals surface area (Å²) in [5.41, 5.74) is 2.46. The van der Waals surface area contributed by atoms with Crippen molar-refractivity contribution in [3.63, 3.8) is 0 Å². The summed E-state index contributed by atoms with van der Waals surface area (Å²) in [6, 6.07) is 17.9. The van der Waals surface area contributed by atoms with Gasteiger partial charge in [0.05, 0.1) is 5.56 Å². The first kappa shape index (κ1) is 16.0. The number of nitrogens with one attached hydrogen (secondary N) is 1. The second-order valence-electron chi connectivity index (χ2n) is 5.96. The van der Waals surface area contributed by atoms with Crippen LogP contribution in [0.3, 0.4) is 0 Å². The molecule has 0 aliphatic carbocycles. The number of H-pyrrole nitrogens is 1. The molecular formula is C21H13F2NO2. The lowest BCUT2D eigenvalue weighted by molar-refractivity contribution is 0.0698. The number of fused-ring (bicyclic) bond motifs is 1. The molecule has 2 N–H and O–H groups in total. The fraction of sp³-hybridized carbons (Fsp3) is 0. The normalized spacial score (nSPS) is 11.0. The monoisotopic (exact) mass is 349 g/mol. The molecule has 0 unspecified atom stereocenters. The van der Waals surface area contributed by atoms with E-state index in [1.165, 1.54) is 18.2 Å². The van der Waals surface area contributed by atoms with Crippen LogP contribution >= 0.6 is 0 Å². The molecule has 128 valence electrons. The van der Waals surface area contributed by atoms with Crippen LogP contribution in [0.2, 0.25) is 0 Å². The maximum atomic E-state index is 14.7. The minimum Gasteiger partial charge on any atom is -0.478 e. The first-order chi connectivity index (χ1) is 12.5. The molecule has 1 heterocycles. The molecule has 0 saturated heterocycles. The van der Waals surface area contributed by atoms with E-state index in [9.17, 15) is 18.7 Å². The number of aromatic carboxylic acids is 1. The summed E-state index contributed by atoms with van der Waals surface area (Å²) in [7, 11) is 0. The van der Waals surface area contributed by atoms with Gasteiger partial charge in [-0.2, -0.15) is 0 Å². The van der Waals surface area contributed by atoms with Gasteiger partial charge in [0.1, 0.15) is 11.6 Å². The van der Waals surface area contributed by atoms with Crippen LogP contribution < -0.4 is 0 Å². The number of carboxylic acid groups (broad SMARTS) is 1. The Balaban J connectivity index is 1.83. The van der Waals surface area contributed by atoms with Crippen molar-refractivity contribution in [2.75, 3.05) is 0 Å². The molecule has 0 aliphatic rings. The number of benzene rings is 3. The Morgan fingerprint density at radius 1 is 0.885 bits per heavy atom. The number of aromatic nitrogens is 1. The van der Waals surface area contributed by atoms with E-state index < -0.39 is 17.6 Å². The van der Waals surface area contributed by atoms with Gasteiger partial charge in [0.15, 0.2) is 0 Å². The third-order valence-electron chi connectivity index (χ3n) is 4.30. The molecule has 5 heteroatoms. The van der Waals surface area contributed by atoms with Crippen LogP contribution in [0.1, 0.15) is 10.4 Å². The lowest BCUT2D eigenvalue weighted by atomic mass is 10.0. The number of aromatic amines is 1. The molecule has 0 amide bonds. The average molecular weight is 349 g/mol. The lowest BCUT2D eigenvalue weighted by Gasteiger charge is -2.05. The molecule has 3 aromatic carbocycles. The van der Waals surface area contributed by atoms with E-state index in [0.29, 0.717) is 16.6 Å². The van der Waals surface area contributed by atoms with Gasteiger partial charge in [-0.25, -0.2) is 13.6 Å². The highest BCUT2D eigenvalue weighted by atomic mass is 19.1. The Labute approximate surface area is 147 Å². The standard InChI is InChI=1S/C21H13F2NO2/c22-14-9-17(21(25)26)16-11-20(24-19(16)10-14)15-7-6-13(8-18(15)23)12-4-2-1-3-5-12/h1-11,24H,(H,25,26). The van der Waals surface area contributed by atoms with E-state index in [1.807, 2.05) is 30.3 Å². The number of hydrogen-bond donors (Lipinski definition) is 2. The van der Waals surface area contributed by atoms with Crippen LogP contribution in [0.5, 0.6) is 0 Å². The minimum absolute atomic E-state index is 0.163. The number of rotatable bonds is 3. The third-order valence-corrected chi connectivity index (χ3v) is 4.30. The van der Waals surface area contributed by atoms with E-state index in [4.69, 9.17) is 0 Å². The summed E-state index contributed by atoms with van der Waals surface area (Å²) in [6.07, 6.45) is 0. The Bertz CT molecular complexity index is 1130. The quantitative estimate of drug-likeness (QED) is 0.515.